The molecule has 0 aromatic heterocycles. The third-order valence-electron chi connectivity index (χ3n) is 2.27. The van der Waals surface area contributed by atoms with Crippen LogP contribution >= 0.6 is 15.9 Å². The second kappa shape index (κ2) is 3.22. The van der Waals surface area contributed by atoms with Crippen molar-refractivity contribution in [2.24, 2.45) is 0 Å². The lowest BCUT2D eigenvalue weighted by molar-refractivity contribution is 0.475. The standard InChI is InChI=1S/C9H10BrOSi/c1-4-5(2)7(10)8(11)9(12)6(4)3/h11H,1-3H3. The monoisotopic (exact) mass is 241 g/mol. The number of hydrogen-bond acceptors (Lipinski definition) is 1. The number of phenols is 1. The van der Waals surface area contributed by atoms with Crippen molar-refractivity contribution in [3.63, 3.8) is 0 Å². The molecular weight excluding hydrogens is 232 g/mol. The van der Waals surface area contributed by atoms with E-state index < -0.39 is 0 Å². The van der Waals surface area contributed by atoms with Gasteiger partial charge in [-0.05, 0) is 58.6 Å². The second-order valence-corrected chi connectivity index (χ2v) is 4.21. The summed E-state index contributed by atoms with van der Waals surface area (Å²) in [5, 5.41) is 10.4. The van der Waals surface area contributed by atoms with E-state index >= 15 is 0 Å². The zero-order valence-electron chi connectivity index (χ0n) is 7.33. The summed E-state index contributed by atoms with van der Waals surface area (Å²) in [7, 11) is 3.39. The molecule has 1 rings (SSSR count). The van der Waals surface area contributed by atoms with E-state index in [0.717, 1.165) is 20.8 Å². The maximum absolute atomic E-state index is 9.60. The summed E-state index contributed by atoms with van der Waals surface area (Å²) in [6.07, 6.45) is 0. The number of rotatable bonds is 0. The molecule has 3 radical (unpaired) electrons. The van der Waals surface area contributed by atoms with Gasteiger partial charge in [0.2, 0.25) is 0 Å². The summed E-state index contributed by atoms with van der Waals surface area (Å²) in [5.41, 5.74) is 3.38. The van der Waals surface area contributed by atoms with Gasteiger partial charge >= 0.3 is 0 Å². The molecule has 0 fully saturated rings. The van der Waals surface area contributed by atoms with Crippen LogP contribution in [0.25, 0.3) is 0 Å². The molecule has 0 saturated carbocycles. The lowest BCUT2D eigenvalue weighted by Crippen LogP contribution is -2.11. The van der Waals surface area contributed by atoms with E-state index in [0.29, 0.717) is 0 Å². The Kier molecular flexibility index (Phi) is 2.63. The summed E-state index contributed by atoms with van der Waals surface area (Å²) >= 11 is 3.33. The van der Waals surface area contributed by atoms with Crippen LogP contribution < -0.4 is 5.19 Å². The molecule has 0 aliphatic carbocycles. The smallest absolute Gasteiger partial charge is 0.128 e. The van der Waals surface area contributed by atoms with Gasteiger partial charge in [-0.25, -0.2) is 0 Å². The van der Waals surface area contributed by atoms with E-state index in [2.05, 4.69) is 26.2 Å². The number of aromatic hydroxyl groups is 1. The molecule has 63 valence electrons. The predicted molar refractivity (Wildman–Crippen MR) is 55.4 cm³/mol. The van der Waals surface area contributed by atoms with E-state index in [9.17, 15) is 5.11 Å². The van der Waals surface area contributed by atoms with Crippen molar-refractivity contribution in [1.82, 2.24) is 0 Å². The van der Waals surface area contributed by atoms with Crippen LogP contribution in [0.2, 0.25) is 0 Å². The molecule has 0 unspecified atom stereocenters. The SMILES string of the molecule is Cc1c(C)c([Si])c(O)c(Br)c1C. The molecule has 0 saturated heterocycles. The summed E-state index contributed by atoms with van der Waals surface area (Å²) < 4.78 is 0.774. The van der Waals surface area contributed by atoms with Gasteiger partial charge in [-0.15, -0.1) is 0 Å². The Morgan fingerprint density at radius 2 is 1.58 bits per heavy atom. The molecule has 0 amide bonds. The molecule has 12 heavy (non-hydrogen) atoms. The number of halogens is 1. The van der Waals surface area contributed by atoms with Gasteiger partial charge in [0, 0.05) is 0 Å². The average molecular weight is 242 g/mol. The normalized spacial score (nSPS) is 10.4. The summed E-state index contributed by atoms with van der Waals surface area (Å²) in [5.74, 6) is 0.285. The molecule has 1 aromatic carbocycles. The van der Waals surface area contributed by atoms with E-state index in [-0.39, 0.29) is 5.75 Å². The fraction of sp³-hybridized carbons (Fsp3) is 0.333. The molecule has 0 atom stereocenters. The van der Waals surface area contributed by atoms with Crippen LogP contribution in [0.1, 0.15) is 16.7 Å². The third kappa shape index (κ3) is 1.31. The van der Waals surface area contributed by atoms with Crippen LogP contribution in [0.4, 0.5) is 0 Å². The third-order valence-corrected chi connectivity index (χ3v) is 3.86. The molecule has 1 nitrogen and oxygen atoms in total. The van der Waals surface area contributed by atoms with Crippen LogP contribution in [0, 0.1) is 20.8 Å². The summed E-state index contributed by atoms with van der Waals surface area (Å²) in [4.78, 5) is 0. The van der Waals surface area contributed by atoms with Gasteiger partial charge in [0.1, 0.15) is 5.75 Å². The van der Waals surface area contributed by atoms with Crippen molar-refractivity contribution in [2.75, 3.05) is 0 Å². The lowest BCUT2D eigenvalue weighted by atomic mass is 10.0. The molecule has 0 aliphatic rings. The first-order valence-corrected chi connectivity index (χ1v) is 4.96. The number of phenolic OH excluding ortho intramolecular Hbond substituents is 1. The quantitative estimate of drug-likeness (QED) is 0.688. The Morgan fingerprint density at radius 3 is 2.08 bits per heavy atom. The fourth-order valence-corrected chi connectivity index (χ4v) is 2.09. The first-order chi connectivity index (χ1) is 5.46. The van der Waals surface area contributed by atoms with Crippen molar-refractivity contribution in [3.05, 3.63) is 21.2 Å². The van der Waals surface area contributed by atoms with Crippen LogP contribution in [0.3, 0.4) is 0 Å². The minimum absolute atomic E-state index is 0.285. The average Bonchev–Trinajstić information content (AvgIpc) is 2.08. The highest BCUT2D eigenvalue weighted by atomic mass is 79.9. The van der Waals surface area contributed by atoms with Gasteiger partial charge in [-0.3, -0.25) is 0 Å². The Bertz CT molecular complexity index is 229. The van der Waals surface area contributed by atoms with Crippen molar-refractivity contribution >= 4 is 31.4 Å². The molecule has 0 aliphatic heterocycles. The van der Waals surface area contributed by atoms with Crippen molar-refractivity contribution in [1.29, 1.82) is 0 Å². The number of benzene rings is 1. The van der Waals surface area contributed by atoms with Crippen molar-refractivity contribution < 1.29 is 5.11 Å². The van der Waals surface area contributed by atoms with Crippen molar-refractivity contribution in [2.45, 2.75) is 20.8 Å². The van der Waals surface area contributed by atoms with Gasteiger partial charge in [0.15, 0.2) is 0 Å². The van der Waals surface area contributed by atoms with Gasteiger partial charge in [-0.1, -0.05) is 0 Å². The lowest BCUT2D eigenvalue weighted by Gasteiger charge is -2.12. The molecule has 3 heteroatoms. The highest BCUT2D eigenvalue weighted by molar-refractivity contribution is 9.10. The molecule has 1 aromatic rings. The molecule has 0 bridgehead atoms. The van der Waals surface area contributed by atoms with E-state index in [1.165, 1.54) is 5.56 Å². The van der Waals surface area contributed by atoms with Crippen LogP contribution in [0.5, 0.6) is 5.75 Å². The first kappa shape index (κ1) is 9.80. The number of hydrogen-bond donors (Lipinski definition) is 1. The van der Waals surface area contributed by atoms with Gasteiger partial charge in [0.05, 0.1) is 14.7 Å². The molecule has 1 N–H and O–H groups in total. The van der Waals surface area contributed by atoms with E-state index in [1.807, 2.05) is 20.8 Å². The summed E-state index contributed by atoms with van der Waals surface area (Å²) in [6.45, 7) is 6.01. The zero-order valence-corrected chi connectivity index (χ0v) is 9.91. The van der Waals surface area contributed by atoms with E-state index in [1.54, 1.807) is 0 Å². The maximum atomic E-state index is 9.60. The largest absolute Gasteiger partial charge is 0.507 e. The maximum Gasteiger partial charge on any atom is 0.128 e. The highest BCUT2D eigenvalue weighted by Crippen LogP contribution is 2.29. The zero-order chi connectivity index (χ0) is 9.46. The van der Waals surface area contributed by atoms with Crippen LogP contribution in [-0.2, 0) is 0 Å². The Balaban J connectivity index is 3.60. The molecular formula is C9H10BrOSi. The van der Waals surface area contributed by atoms with Gasteiger partial charge in [-0.2, -0.15) is 0 Å². The Labute approximate surface area is 84.4 Å². The predicted octanol–water partition coefficient (Wildman–Crippen LogP) is 1.87. The summed E-state index contributed by atoms with van der Waals surface area (Å²) in [6, 6.07) is 0. The van der Waals surface area contributed by atoms with E-state index in [4.69, 9.17) is 0 Å². The van der Waals surface area contributed by atoms with Crippen LogP contribution in [-0.4, -0.2) is 15.3 Å². The van der Waals surface area contributed by atoms with Gasteiger partial charge < -0.3 is 5.11 Å². The second-order valence-electron chi connectivity index (χ2n) is 2.91. The molecule has 0 spiro atoms. The Hall–Kier alpha value is -0.283. The fourth-order valence-electron chi connectivity index (χ4n) is 1.10. The minimum Gasteiger partial charge on any atom is -0.507 e. The first-order valence-electron chi connectivity index (χ1n) is 3.66. The molecule has 0 heterocycles. The van der Waals surface area contributed by atoms with Crippen molar-refractivity contribution in [3.8, 4) is 5.75 Å². The minimum atomic E-state index is 0.285. The highest BCUT2D eigenvalue weighted by Gasteiger charge is 2.11. The van der Waals surface area contributed by atoms with Crippen LogP contribution in [0.15, 0.2) is 4.47 Å². The van der Waals surface area contributed by atoms with Gasteiger partial charge in [0.25, 0.3) is 0 Å². The Morgan fingerprint density at radius 1 is 1.08 bits per heavy atom. The topological polar surface area (TPSA) is 20.2 Å².